The number of ether oxygens (including phenoxy) is 2. The molecule has 11 heteroatoms. The minimum atomic E-state index is -3.12. The fourth-order valence-corrected chi connectivity index (χ4v) is 3.36. The average Bonchev–Trinajstić information content (AvgIpc) is 3.11. The lowest BCUT2D eigenvalue weighted by molar-refractivity contribution is -0.131. The molecule has 2 heterocycles. The second-order valence-electron chi connectivity index (χ2n) is 7.20. The monoisotopic (exact) mass is 447 g/mol. The lowest BCUT2D eigenvalue weighted by atomic mass is 10.1. The van der Waals surface area contributed by atoms with Gasteiger partial charge in [0, 0.05) is 24.5 Å². The van der Waals surface area contributed by atoms with Crippen LogP contribution >= 0.6 is 0 Å². The predicted molar refractivity (Wildman–Crippen MR) is 110 cm³/mol. The summed E-state index contributed by atoms with van der Waals surface area (Å²) >= 11 is 0. The molecule has 1 aliphatic heterocycles. The molecule has 1 fully saturated rings. The Hall–Kier alpha value is -3.36. The van der Waals surface area contributed by atoms with E-state index in [9.17, 15) is 18.4 Å². The van der Waals surface area contributed by atoms with E-state index < -0.39 is 43.3 Å². The van der Waals surface area contributed by atoms with Crippen LogP contribution in [0.15, 0.2) is 30.5 Å². The number of nitrogens with zero attached hydrogens (tertiary/aromatic N) is 3. The van der Waals surface area contributed by atoms with Gasteiger partial charge in [-0.25, -0.2) is 8.78 Å². The summed E-state index contributed by atoms with van der Waals surface area (Å²) in [5.74, 6) is -3.94. The topological polar surface area (TPSA) is 131 Å². The summed E-state index contributed by atoms with van der Waals surface area (Å²) in [6.45, 7) is 0.150. The number of likely N-dealkylation sites (tertiary alicyclic amines) is 1. The van der Waals surface area contributed by atoms with Gasteiger partial charge in [-0.15, -0.1) is 0 Å². The van der Waals surface area contributed by atoms with Crippen molar-refractivity contribution in [3.05, 3.63) is 36.0 Å². The van der Waals surface area contributed by atoms with E-state index in [4.69, 9.17) is 20.5 Å². The molecule has 2 aromatic rings. The fourth-order valence-electron chi connectivity index (χ4n) is 3.36. The minimum absolute atomic E-state index is 0.246. The normalized spacial score (nSPS) is 17.2. The van der Waals surface area contributed by atoms with Gasteiger partial charge in [-0.1, -0.05) is 0 Å². The molecule has 3 rings (SSSR count). The third-order valence-electron chi connectivity index (χ3n) is 4.86. The van der Waals surface area contributed by atoms with Crippen molar-refractivity contribution in [3.63, 3.8) is 0 Å². The van der Waals surface area contributed by atoms with Crippen LogP contribution in [0.3, 0.4) is 0 Å². The molecular formula is C21H23F2N5O4. The highest BCUT2D eigenvalue weighted by Crippen LogP contribution is 2.31. The highest BCUT2D eigenvalue weighted by molar-refractivity contribution is 6.07. The van der Waals surface area contributed by atoms with Crippen LogP contribution in [-0.2, 0) is 9.53 Å². The molecular weight excluding hydrogens is 424 g/mol. The van der Waals surface area contributed by atoms with E-state index in [2.05, 4.69) is 10.3 Å². The largest absolute Gasteiger partial charge is 0.491 e. The van der Waals surface area contributed by atoms with Crippen molar-refractivity contribution in [1.29, 1.82) is 5.26 Å². The summed E-state index contributed by atoms with van der Waals surface area (Å²) in [6, 6.07) is 7.02. The average molecular weight is 447 g/mol. The van der Waals surface area contributed by atoms with Crippen LogP contribution in [0.1, 0.15) is 16.8 Å². The molecule has 170 valence electrons. The molecule has 1 aliphatic rings. The number of carbonyl (C=O) groups is 2. The number of pyridine rings is 1. The molecule has 3 N–H and O–H groups in total. The molecule has 32 heavy (non-hydrogen) atoms. The van der Waals surface area contributed by atoms with Gasteiger partial charge in [-0.2, -0.15) is 5.26 Å². The standard InChI is InChI=1S/C21H23F2N5O4/c22-21(23)10-14(11-25)28(13-21)19(29)12-27-20(30)16-3-5-26-18-2-1-15(9-17(16)18)32-8-7-31-6-4-24/h1-3,5,9,14H,4,6-8,10,12-13,24H2,(H,27,30)/t14-/m0/s1. The number of nitrogens with one attached hydrogen (secondary N) is 1. The van der Waals surface area contributed by atoms with Gasteiger partial charge in [0.1, 0.15) is 18.4 Å². The molecule has 1 aromatic heterocycles. The molecule has 0 aliphatic carbocycles. The molecule has 1 atom stereocenters. The maximum atomic E-state index is 13.6. The van der Waals surface area contributed by atoms with E-state index >= 15 is 0 Å². The maximum Gasteiger partial charge on any atom is 0.268 e. The first-order valence-electron chi connectivity index (χ1n) is 9.99. The van der Waals surface area contributed by atoms with E-state index in [1.54, 1.807) is 24.3 Å². The summed E-state index contributed by atoms with van der Waals surface area (Å²) in [5.41, 5.74) is 6.14. The fraction of sp³-hybridized carbons (Fsp3) is 0.429. The summed E-state index contributed by atoms with van der Waals surface area (Å²) in [5, 5.41) is 12.0. The van der Waals surface area contributed by atoms with E-state index in [-0.39, 0.29) is 5.56 Å². The van der Waals surface area contributed by atoms with Crippen LogP contribution < -0.4 is 15.8 Å². The Labute approximate surface area is 183 Å². The maximum absolute atomic E-state index is 13.6. The van der Waals surface area contributed by atoms with Gasteiger partial charge in [0.25, 0.3) is 11.8 Å². The summed E-state index contributed by atoms with van der Waals surface area (Å²) in [6.07, 6.45) is 0.741. The highest BCUT2D eigenvalue weighted by atomic mass is 19.3. The third-order valence-corrected chi connectivity index (χ3v) is 4.86. The van der Waals surface area contributed by atoms with Gasteiger partial charge in [-0.05, 0) is 24.3 Å². The number of amides is 2. The van der Waals surface area contributed by atoms with E-state index in [0.29, 0.717) is 43.0 Å². The first-order valence-corrected chi connectivity index (χ1v) is 9.99. The molecule has 0 bridgehead atoms. The third kappa shape index (κ3) is 5.66. The molecule has 0 unspecified atom stereocenters. The Morgan fingerprint density at radius 1 is 1.31 bits per heavy atom. The number of hydrogen-bond donors (Lipinski definition) is 2. The SMILES string of the molecule is N#C[C@@H]1CC(F)(F)CN1C(=O)CNC(=O)c1ccnc2ccc(OCCOCCN)cc12. The Bertz CT molecular complexity index is 1030. The molecule has 0 spiro atoms. The Kier molecular flexibility index (Phi) is 7.50. The second kappa shape index (κ2) is 10.3. The number of fused-ring (bicyclic) bond motifs is 1. The number of rotatable bonds is 9. The number of aromatic nitrogens is 1. The summed E-state index contributed by atoms with van der Waals surface area (Å²) < 4.78 is 38.0. The van der Waals surface area contributed by atoms with Gasteiger partial charge >= 0.3 is 0 Å². The van der Waals surface area contributed by atoms with Crippen LogP contribution in [0.5, 0.6) is 5.75 Å². The van der Waals surface area contributed by atoms with Crippen molar-refractivity contribution in [1.82, 2.24) is 15.2 Å². The molecule has 0 saturated carbocycles. The lowest BCUT2D eigenvalue weighted by Crippen LogP contribution is -2.43. The van der Waals surface area contributed by atoms with Crippen molar-refractivity contribution < 1.29 is 27.8 Å². The van der Waals surface area contributed by atoms with Crippen LogP contribution in [-0.4, -0.2) is 73.1 Å². The van der Waals surface area contributed by atoms with Crippen LogP contribution in [0.2, 0.25) is 0 Å². The first-order chi connectivity index (χ1) is 15.3. The molecule has 1 saturated heterocycles. The van der Waals surface area contributed by atoms with Gasteiger partial charge in [0.15, 0.2) is 0 Å². The highest BCUT2D eigenvalue weighted by Gasteiger charge is 2.47. The number of benzene rings is 1. The zero-order chi connectivity index (χ0) is 23.1. The van der Waals surface area contributed by atoms with Crippen LogP contribution in [0.25, 0.3) is 10.9 Å². The number of alkyl halides is 2. The van der Waals surface area contributed by atoms with Crippen LogP contribution in [0.4, 0.5) is 8.78 Å². The Balaban J connectivity index is 1.66. The van der Waals surface area contributed by atoms with Crippen molar-refractivity contribution in [2.75, 3.05) is 39.5 Å². The van der Waals surface area contributed by atoms with Crippen LogP contribution in [0, 0.1) is 11.3 Å². The van der Waals surface area contributed by atoms with Gasteiger partial charge in [-0.3, -0.25) is 14.6 Å². The molecule has 0 radical (unpaired) electrons. The zero-order valence-electron chi connectivity index (χ0n) is 17.2. The van der Waals surface area contributed by atoms with E-state index in [1.165, 1.54) is 12.3 Å². The smallest absolute Gasteiger partial charge is 0.268 e. The van der Waals surface area contributed by atoms with Crippen molar-refractivity contribution in [3.8, 4) is 11.8 Å². The zero-order valence-corrected chi connectivity index (χ0v) is 17.2. The lowest BCUT2D eigenvalue weighted by Gasteiger charge is -2.19. The minimum Gasteiger partial charge on any atom is -0.491 e. The Morgan fingerprint density at radius 3 is 2.88 bits per heavy atom. The predicted octanol–water partition coefficient (Wildman–Crippen LogP) is 1.08. The number of hydrogen-bond acceptors (Lipinski definition) is 7. The molecule has 9 nitrogen and oxygen atoms in total. The van der Waals surface area contributed by atoms with Crippen molar-refractivity contribution in [2.24, 2.45) is 5.73 Å². The van der Waals surface area contributed by atoms with E-state index in [1.807, 2.05) is 0 Å². The van der Waals surface area contributed by atoms with Gasteiger partial charge < -0.3 is 25.4 Å². The molecule has 2 amide bonds. The first kappa shape index (κ1) is 23.3. The van der Waals surface area contributed by atoms with Gasteiger partial charge in [0.2, 0.25) is 5.91 Å². The quantitative estimate of drug-likeness (QED) is 0.550. The molecule has 1 aromatic carbocycles. The van der Waals surface area contributed by atoms with Gasteiger partial charge in [0.05, 0.1) is 43.5 Å². The number of halogens is 2. The second-order valence-corrected chi connectivity index (χ2v) is 7.20. The number of carbonyl (C=O) groups excluding carboxylic acids is 2. The summed E-state index contributed by atoms with van der Waals surface area (Å²) in [4.78, 5) is 30.0. The summed E-state index contributed by atoms with van der Waals surface area (Å²) in [7, 11) is 0. The van der Waals surface area contributed by atoms with Crippen molar-refractivity contribution >= 4 is 22.7 Å². The van der Waals surface area contributed by atoms with E-state index in [0.717, 1.165) is 4.90 Å². The Morgan fingerprint density at radius 2 is 2.12 bits per heavy atom. The van der Waals surface area contributed by atoms with Crippen molar-refractivity contribution in [2.45, 2.75) is 18.4 Å². The number of nitrogens with two attached hydrogens (primary N) is 1. The number of nitriles is 1.